The molecular weight excluding hydrogens is 448 g/mol. The van der Waals surface area contributed by atoms with E-state index in [1.807, 2.05) is 6.92 Å². The summed E-state index contributed by atoms with van der Waals surface area (Å²) >= 11 is 0. The molecule has 11 heteroatoms. The third-order valence-electron chi connectivity index (χ3n) is 5.08. The van der Waals surface area contributed by atoms with Gasteiger partial charge in [0.2, 0.25) is 10.0 Å². The number of hydrogen-bond donors (Lipinski definition) is 1. The Morgan fingerprint density at radius 1 is 1.09 bits per heavy atom. The standard InChI is InChI=1S/C22H18N4O6S/c1-13-3-4-16(26(28)29)11-19(13)21-10-7-17(32-21)12-20-14(2)24-25(22(20)27)15-5-8-18(9-6-15)33(23,30)31/h3-12H,1-2H3,(H2,23,30,31). The quantitative estimate of drug-likeness (QED) is 0.345. The molecule has 10 nitrogen and oxygen atoms in total. The third kappa shape index (κ3) is 4.31. The summed E-state index contributed by atoms with van der Waals surface area (Å²) in [6.07, 6.45) is 1.54. The Labute approximate surface area is 188 Å². The van der Waals surface area contributed by atoms with Crippen LogP contribution in [-0.4, -0.2) is 25.0 Å². The Bertz CT molecular complexity index is 1450. The maximum absolute atomic E-state index is 12.9. The van der Waals surface area contributed by atoms with Gasteiger partial charge in [-0.05, 0) is 61.9 Å². The van der Waals surface area contributed by atoms with Gasteiger partial charge in [-0.3, -0.25) is 14.9 Å². The minimum atomic E-state index is -3.85. The number of rotatable bonds is 5. The lowest BCUT2D eigenvalue weighted by molar-refractivity contribution is -0.384. The summed E-state index contributed by atoms with van der Waals surface area (Å²) in [6.45, 7) is 3.48. The smallest absolute Gasteiger partial charge is 0.280 e. The van der Waals surface area contributed by atoms with E-state index in [-0.39, 0.29) is 10.6 Å². The predicted octanol–water partition coefficient (Wildman–Crippen LogP) is 3.62. The first-order valence-electron chi connectivity index (χ1n) is 9.64. The fourth-order valence-corrected chi connectivity index (χ4v) is 3.86. The second-order valence-corrected chi connectivity index (χ2v) is 8.92. The van der Waals surface area contributed by atoms with Crippen LogP contribution in [0.2, 0.25) is 0 Å². The molecule has 0 saturated carbocycles. The molecule has 0 unspecified atom stereocenters. The Morgan fingerprint density at radius 2 is 1.79 bits per heavy atom. The third-order valence-corrected chi connectivity index (χ3v) is 6.01. The minimum Gasteiger partial charge on any atom is -0.457 e. The molecule has 2 aromatic carbocycles. The summed E-state index contributed by atoms with van der Waals surface area (Å²) in [5, 5.41) is 21.6. The normalized spacial score (nSPS) is 15.2. The Kier molecular flexibility index (Phi) is 5.44. The molecule has 1 aliphatic heterocycles. The van der Waals surface area contributed by atoms with E-state index in [1.165, 1.54) is 42.5 Å². The zero-order valence-corrected chi connectivity index (χ0v) is 18.4. The first-order valence-corrected chi connectivity index (χ1v) is 11.2. The summed E-state index contributed by atoms with van der Waals surface area (Å²) in [6, 6.07) is 13.3. The Hall–Kier alpha value is -4.09. The van der Waals surface area contributed by atoms with Crippen LogP contribution >= 0.6 is 0 Å². The van der Waals surface area contributed by atoms with Crippen LogP contribution in [0.3, 0.4) is 0 Å². The number of nitro benzene ring substituents is 1. The first-order chi connectivity index (χ1) is 15.5. The summed E-state index contributed by atoms with van der Waals surface area (Å²) < 4.78 is 28.7. The SMILES string of the molecule is CC1=NN(c2ccc(S(N)(=O)=O)cc2)C(=O)C1=Cc1ccc(-c2cc([N+](=O)[O-])ccc2C)o1. The number of aryl methyl sites for hydroxylation is 1. The van der Waals surface area contributed by atoms with Crippen molar-refractivity contribution < 1.29 is 22.6 Å². The van der Waals surface area contributed by atoms with Crippen LogP contribution in [0.4, 0.5) is 11.4 Å². The molecule has 2 N–H and O–H groups in total. The highest BCUT2D eigenvalue weighted by molar-refractivity contribution is 7.89. The average Bonchev–Trinajstić information content (AvgIpc) is 3.33. The number of furan rings is 1. The second kappa shape index (κ2) is 8.11. The largest absolute Gasteiger partial charge is 0.457 e. The van der Waals surface area contributed by atoms with Gasteiger partial charge in [-0.1, -0.05) is 6.07 Å². The van der Waals surface area contributed by atoms with E-state index in [2.05, 4.69) is 5.10 Å². The van der Waals surface area contributed by atoms with Crippen molar-refractivity contribution in [2.45, 2.75) is 18.7 Å². The summed E-state index contributed by atoms with van der Waals surface area (Å²) in [5.74, 6) is 0.388. The van der Waals surface area contributed by atoms with Crippen molar-refractivity contribution in [3.05, 3.63) is 81.6 Å². The number of hydrogen-bond acceptors (Lipinski definition) is 7. The molecule has 0 bridgehead atoms. The van der Waals surface area contributed by atoms with Crippen molar-refractivity contribution in [3.8, 4) is 11.3 Å². The van der Waals surface area contributed by atoms with Gasteiger partial charge in [0.15, 0.2) is 0 Å². The predicted molar refractivity (Wildman–Crippen MR) is 122 cm³/mol. The zero-order chi connectivity index (χ0) is 23.9. The number of primary sulfonamides is 1. The number of nitrogens with two attached hydrogens (primary N) is 1. The molecule has 0 spiro atoms. The summed E-state index contributed by atoms with van der Waals surface area (Å²) in [5.41, 5.74) is 2.45. The van der Waals surface area contributed by atoms with Crippen LogP contribution in [0.25, 0.3) is 17.4 Å². The molecule has 0 atom stereocenters. The van der Waals surface area contributed by atoms with E-state index >= 15 is 0 Å². The monoisotopic (exact) mass is 466 g/mol. The highest BCUT2D eigenvalue weighted by Crippen LogP contribution is 2.31. The van der Waals surface area contributed by atoms with E-state index in [1.54, 1.807) is 25.1 Å². The van der Waals surface area contributed by atoms with Crippen LogP contribution in [0, 0.1) is 17.0 Å². The molecule has 1 aliphatic rings. The van der Waals surface area contributed by atoms with Gasteiger partial charge in [-0.2, -0.15) is 10.1 Å². The lowest BCUT2D eigenvalue weighted by Gasteiger charge is -2.12. The number of anilines is 1. The van der Waals surface area contributed by atoms with Crippen molar-refractivity contribution >= 4 is 39.1 Å². The van der Waals surface area contributed by atoms with Crippen LogP contribution in [-0.2, 0) is 14.8 Å². The lowest BCUT2D eigenvalue weighted by atomic mass is 10.1. The molecule has 0 aliphatic carbocycles. The molecule has 3 aromatic rings. The van der Waals surface area contributed by atoms with Crippen LogP contribution < -0.4 is 10.1 Å². The number of carbonyl (C=O) groups excluding carboxylic acids is 1. The number of carbonyl (C=O) groups is 1. The lowest BCUT2D eigenvalue weighted by Crippen LogP contribution is -2.21. The molecule has 0 fully saturated rings. The summed E-state index contributed by atoms with van der Waals surface area (Å²) in [7, 11) is -3.85. The summed E-state index contributed by atoms with van der Waals surface area (Å²) in [4.78, 5) is 23.5. The van der Waals surface area contributed by atoms with Gasteiger partial charge in [0.05, 0.1) is 26.8 Å². The number of hydrazone groups is 1. The van der Waals surface area contributed by atoms with Gasteiger partial charge in [-0.25, -0.2) is 13.6 Å². The van der Waals surface area contributed by atoms with Gasteiger partial charge in [0, 0.05) is 17.7 Å². The van der Waals surface area contributed by atoms with Crippen molar-refractivity contribution in [2.24, 2.45) is 10.2 Å². The number of benzene rings is 2. The van der Waals surface area contributed by atoms with Crippen molar-refractivity contribution in [2.75, 3.05) is 5.01 Å². The molecular formula is C22H18N4O6S. The van der Waals surface area contributed by atoms with Crippen molar-refractivity contribution in [3.63, 3.8) is 0 Å². The van der Waals surface area contributed by atoms with Gasteiger partial charge in [0.25, 0.3) is 11.6 Å². The molecule has 4 rings (SSSR count). The van der Waals surface area contributed by atoms with Gasteiger partial charge in [0.1, 0.15) is 11.5 Å². The molecule has 33 heavy (non-hydrogen) atoms. The molecule has 168 valence electrons. The maximum Gasteiger partial charge on any atom is 0.280 e. The minimum absolute atomic E-state index is 0.0510. The van der Waals surface area contributed by atoms with E-state index < -0.39 is 20.9 Å². The molecule has 0 radical (unpaired) electrons. The number of nitrogens with zero attached hydrogens (tertiary/aromatic N) is 3. The highest BCUT2D eigenvalue weighted by Gasteiger charge is 2.29. The average molecular weight is 466 g/mol. The maximum atomic E-state index is 12.9. The zero-order valence-electron chi connectivity index (χ0n) is 17.6. The molecule has 1 aromatic heterocycles. The van der Waals surface area contributed by atoms with Crippen molar-refractivity contribution in [1.29, 1.82) is 0 Å². The fraction of sp³-hybridized carbons (Fsp3) is 0.0909. The molecule has 1 amide bonds. The first kappa shape index (κ1) is 22.1. The number of amides is 1. The fourth-order valence-electron chi connectivity index (χ4n) is 3.34. The van der Waals surface area contributed by atoms with E-state index in [4.69, 9.17) is 9.56 Å². The van der Waals surface area contributed by atoms with E-state index in [0.717, 1.165) is 10.6 Å². The van der Waals surface area contributed by atoms with Crippen molar-refractivity contribution in [1.82, 2.24) is 0 Å². The number of sulfonamides is 1. The highest BCUT2D eigenvalue weighted by atomic mass is 32.2. The van der Waals surface area contributed by atoms with E-state index in [9.17, 15) is 23.3 Å². The van der Waals surface area contributed by atoms with Gasteiger partial charge < -0.3 is 4.42 Å². The Balaban J connectivity index is 1.62. The van der Waals surface area contributed by atoms with Crippen LogP contribution in [0.1, 0.15) is 18.2 Å². The van der Waals surface area contributed by atoms with E-state index in [0.29, 0.717) is 34.1 Å². The number of non-ortho nitro benzene ring substituents is 1. The molecule has 0 saturated heterocycles. The second-order valence-electron chi connectivity index (χ2n) is 7.36. The van der Waals surface area contributed by atoms with Gasteiger partial charge >= 0.3 is 0 Å². The topological polar surface area (TPSA) is 149 Å². The number of nitro groups is 1. The van der Waals surface area contributed by atoms with Crippen LogP contribution in [0.15, 0.2) is 74.6 Å². The van der Waals surface area contributed by atoms with Gasteiger partial charge in [-0.15, -0.1) is 0 Å². The molecule has 2 heterocycles. The Morgan fingerprint density at radius 3 is 2.42 bits per heavy atom. The van der Waals surface area contributed by atoms with Crippen LogP contribution in [0.5, 0.6) is 0 Å².